The standard InChI is InChI=1S/C16H18BrN5O2/c1-24-11-6-4-5-10(9-11)18-15-14(20-22-21-15)16(23)19-13-8-3-2-7-12(13)17/h2-9,14-15,18,20-22H,1H3,(H,19,23). The molecule has 2 atom stereocenters. The minimum Gasteiger partial charge on any atom is -0.497 e. The number of rotatable bonds is 5. The zero-order valence-corrected chi connectivity index (χ0v) is 14.6. The number of hydrazine groups is 2. The number of halogens is 1. The highest BCUT2D eigenvalue weighted by atomic mass is 79.9. The molecule has 24 heavy (non-hydrogen) atoms. The predicted molar refractivity (Wildman–Crippen MR) is 96.4 cm³/mol. The van der Waals surface area contributed by atoms with Gasteiger partial charge < -0.3 is 15.4 Å². The van der Waals surface area contributed by atoms with Crippen LogP contribution in [0.1, 0.15) is 0 Å². The van der Waals surface area contributed by atoms with Crippen LogP contribution in [-0.4, -0.2) is 25.2 Å². The van der Waals surface area contributed by atoms with Gasteiger partial charge in [0.1, 0.15) is 18.0 Å². The average Bonchev–Trinajstić information content (AvgIpc) is 3.05. The minimum absolute atomic E-state index is 0.167. The highest BCUT2D eigenvalue weighted by Crippen LogP contribution is 2.22. The molecule has 0 saturated carbocycles. The van der Waals surface area contributed by atoms with Gasteiger partial charge in [0, 0.05) is 16.2 Å². The van der Waals surface area contributed by atoms with E-state index in [0.29, 0.717) is 0 Å². The molecule has 1 aliphatic rings. The van der Waals surface area contributed by atoms with Gasteiger partial charge in [-0.05, 0) is 40.2 Å². The molecular formula is C16H18BrN5O2. The fraction of sp³-hybridized carbons (Fsp3) is 0.188. The Balaban J connectivity index is 1.68. The third kappa shape index (κ3) is 3.85. The van der Waals surface area contributed by atoms with Crippen molar-refractivity contribution in [3.05, 3.63) is 53.0 Å². The second-order valence-corrected chi connectivity index (χ2v) is 6.07. The molecule has 8 heteroatoms. The van der Waals surface area contributed by atoms with Gasteiger partial charge in [-0.15, -0.1) is 0 Å². The molecule has 1 aliphatic heterocycles. The molecule has 0 bridgehead atoms. The molecule has 1 fully saturated rings. The number of nitrogens with one attached hydrogen (secondary N) is 5. The van der Waals surface area contributed by atoms with Crippen LogP contribution in [0.15, 0.2) is 53.0 Å². The number of amides is 1. The van der Waals surface area contributed by atoms with Crippen molar-refractivity contribution in [2.24, 2.45) is 0 Å². The van der Waals surface area contributed by atoms with Gasteiger partial charge in [-0.3, -0.25) is 4.79 Å². The predicted octanol–water partition coefficient (Wildman–Crippen LogP) is 1.82. The van der Waals surface area contributed by atoms with Crippen molar-refractivity contribution in [1.29, 1.82) is 0 Å². The van der Waals surface area contributed by atoms with Crippen LogP contribution in [0.5, 0.6) is 5.75 Å². The topological polar surface area (TPSA) is 86.5 Å². The Hall–Kier alpha value is -2.13. The van der Waals surface area contributed by atoms with Crippen LogP contribution < -0.4 is 31.8 Å². The summed E-state index contributed by atoms with van der Waals surface area (Å²) in [6.45, 7) is 0. The summed E-state index contributed by atoms with van der Waals surface area (Å²) in [6, 6.07) is 14.5. The maximum absolute atomic E-state index is 12.6. The number of ether oxygens (including phenoxy) is 1. The maximum Gasteiger partial charge on any atom is 0.246 e. The Morgan fingerprint density at radius 2 is 2.00 bits per heavy atom. The van der Waals surface area contributed by atoms with Crippen LogP contribution in [0.4, 0.5) is 11.4 Å². The van der Waals surface area contributed by atoms with E-state index in [4.69, 9.17) is 4.74 Å². The molecule has 126 valence electrons. The van der Waals surface area contributed by atoms with E-state index in [1.807, 2.05) is 48.5 Å². The summed E-state index contributed by atoms with van der Waals surface area (Å²) < 4.78 is 6.04. The van der Waals surface area contributed by atoms with Gasteiger partial charge in [0.25, 0.3) is 0 Å². The van der Waals surface area contributed by atoms with Gasteiger partial charge in [0.05, 0.1) is 12.8 Å². The fourth-order valence-corrected chi connectivity index (χ4v) is 2.75. The number of benzene rings is 2. The monoisotopic (exact) mass is 391 g/mol. The van der Waals surface area contributed by atoms with Gasteiger partial charge in [0.15, 0.2) is 0 Å². The highest BCUT2D eigenvalue weighted by molar-refractivity contribution is 9.10. The van der Waals surface area contributed by atoms with E-state index in [0.717, 1.165) is 21.6 Å². The average molecular weight is 392 g/mol. The Labute approximate surface area is 148 Å². The molecule has 2 aromatic carbocycles. The van der Waals surface area contributed by atoms with E-state index in [1.165, 1.54) is 0 Å². The summed E-state index contributed by atoms with van der Waals surface area (Å²) in [7, 11) is 1.62. The number of hydrogen-bond donors (Lipinski definition) is 5. The zero-order valence-electron chi connectivity index (χ0n) is 13.0. The lowest BCUT2D eigenvalue weighted by molar-refractivity contribution is -0.118. The lowest BCUT2D eigenvalue weighted by atomic mass is 10.2. The molecule has 5 N–H and O–H groups in total. The molecule has 0 spiro atoms. The number of carbonyl (C=O) groups is 1. The third-order valence-electron chi connectivity index (χ3n) is 3.59. The van der Waals surface area contributed by atoms with Crippen LogP contribution in [0.25, 0.3) is 0 Å². The fourth-order valence-electron chi connectivity index (χ4n) is 2.37. The minimum atomic E-state index is -0.511. The summed E-state index contributed by atoms with van der Waals surface area (Å²) in [5, 5.41) is 6.16. The SMILES string of the molecule is COc1cccc(NC2NNNC2C(=O)Nc2ccccc2Br)c1. The smallest absolute Gasteiger partial charge is 0.246 e. The van der Waals surface area contributed by atoms with E-state index < -0.39 is 6.04 Å². The molecule has 0 radical (unpaired) electrons. The maximum atomic E-state index is 12.6. The Morgan fingerprint density at radius 3 is 2.79 bits per heavy atom. The summed E-state index contributed by atoms with van der Waals surface area (Å²) in [5.74, 6) is 0.577. The van der Waals surface area contributed by atoms with Crippen molar-refractivity contribution >= 4 is 33.2 Å². The molecule has 7 nitrogen and oxygen atoms in total. The Kier molecular flexibility index (Phi) is 5.31. The Morgan fingerprint density at radius 1 is 1.17 bits per heavy atom. The van der Waals surface area contributed by atoms with Crippen LogP contribution in [0, 0.1) is 0 Å². The van der Waals surface area contributed by atoms with Gasteiger partial charge >= 0.3 is 0 Å². The second-order valence-electron chi connectivity index (χ2n) is 5.21. The van der Waals surface area contributed by atoms with Gasteiger partial charge in [0.2, 0.25) is 5.91 Å². The first kappa shape index (κ1) is 16.7. The van der Waals surface area contributed by atoms with Crippen LogP contribution in [0.2, 0.25) is 0 Å². The van der Waals surface area contributed by atoms with E-state index in [1.54, 1.807) is 7.11 Å². The lowest BCUT2D eigenvalue weighted by Gasteiger charge is -2.20. The van der Waals surface area contributed by atoms with Crippen molar-refractivity contribution in [3.63, 3.8) is 0 Å². The quantitative estimate of drug-likeness (QED) is 0.534. The summed E-state index contributed by atoms with van der Waals surface area (Å²) in [4.78, 5) is 12.6. The first-order valence-electron chi connectivity index (χ1n) is 7.39. The largest absolute Gasteiger partial charge is 0.497 e. The summed E-state index contributed by atoms with van der Waals surface area (Å²) in [6.07, 6.45) is -0.334. The highest BCUT2D eigenvalue weighted by Gasteiger charge is 2.33. The molecule has 1 heterocycles. The van der Waals surface area contributed by atoms with Crippen LogP contribution >= 0.6 is 15.9 Å². The zero-order chi connectivity index (χ0) is 16.9. The molecule has 2 aromatic rings. The molecule has 1 saturated heterocycles. The molecule has 0 aliphatic carbocycles. The normalized spacial score (nSPS) is 19.8. The van der Waals surface area contributed by atoms with Gasteiger partial charge in [-0.25, -0.2) is 10.9 Å². The van der Waals surface area contributed by atoms with Crippen molar-refractivity contribution in [2.45, 2.75) is 12.2 Å². The van der Waals surface area contributed by atoms with E-state index in [9.17, 15) is 4.79 Å². The second kappa shape index (κ2) is 7.63. The van der Waals surface area contributed by atoms with E-state index in [-0.39, 0.29) is 12.1 Å². The van der Waals surface area contributed by atoms with Crippen LogP contribution in [-0.2, 0) is 4.79 Å². The first-order chi connectivity index (χ1) is 11.7. The van der Waals surface area contributed by atoms with Crippen molar-refractivity contribution in [2.75, 3.05) is 17.7 Å². The van der Waals surface area contributed by atoms with E-state index in [2.05, 4.69) is 42.9 Å². The van der Waals surface area contributed by atoms with Crippen molar-refractivity contribution in [3.8, 4) is 5.75 Å². The van der Waals surface area contributed by atoms with Gasteiger partial charge in [-0.2, -0.15) is 5.53 Å². The van der Waals surface area contributed by atoms with Gasteiger partial charge in [-0.1, -0.05) is 18.2 Å². The number of para-hydroxylation sites is 1. The third-order valence-corrected chi connectivity index (χ3v) is 4.29. The van der Waals surface area contributed by atoms with Crippen molar-refractivity contribution < 1.29 is 9.53 Å². The molecule has 1 amide bonds. The lowest BCUT2D eigenvalue weighted by Crippen LogP contribution is -2.47. The molecule has 3 rings (SSSR count). The first-order valence-corrected chi connectivity index (χ1v) is 8.19. The molecule has 2 unspecified atom stereocenters. The summed E-state index contributed by atoms with van der Waals surface area (Å²) >= 11 is 3.42. The number of carbonyl (C=O) groups excluding carboxylic acids is 1. The Bertz CT molecular complexity index is 727. The molecule has 0 aromatic heterocycles. The summed E-state index contributed by atoms with van der Waals surface area (Å²) in [5.41, 5.74) is 10.2. The van der Waals surface area contributed by atoms with Crippen LogP contribution in [0.3, 0.4) is 0 Å². The number of anilines is 2. The van der Waals surface area contributed by atoms with Crippen molar-refractivity contribution in [1.82, 2.24) is 16.4 Å². The number of methoxy groups -OCH3 is 1. The number of hydrogen-bond acceptors (Lipinski definition) is 6. The molecular weight excluding hydrogens is 374 g/mol. The van der Waals surface area contributed by atoms with E-state index >= 15 is 0 Å².